The molecule has 0 spiro atoms. The average molecular weight is 563 g/mol. The molecule has 8 heteroatoms. The highest BCUT2D eigenvalue weighted by Gasteiger charge is 2.15. The lowest BCUT2D eigenvalue weighted by molar-refractivity contribution is 0.409. The van der Waals surface area contributed by atoms with Gasteiger partial charge in [-0.05, 0) is 78.3 Å². The van der Waals surface area contributed by atoms with Gasteiger partial charge >= 0.3 is 0 Å². The third-order valence-electron chi connectivity index (χ3n) is 5.56. The Morgan fingerprint density at radius 1 is 0.829 bits per heavy atom. The number of halogens is 4. The van der Waals surface area contributed by atoms with Crippen LogP contribution in [0.2, 0.25) is 20.1 Å². The average Bonchev–Trinajstić information content (AvgIpc) is 3.25. The molecule has 0 amide bonds. The third kappa shape index (κ3) is 7.39. The summed E-state index contributed by atoms with van der Waals surface area (Å²) in [6, 6.07) is 25.2. The molecule has 1 heterocycles. The van der Waals surface area contributed by atoms with Crippen molar-refractivity contribution in [2.75, 3.05) is 11.9 Å². The van der Waals surface area contributed by atoms with Gasteiger partial charge in [-0.2, -0.15) is 0 Å². The standard InChI is InChI=1S/C27H23Cl4N3S/c28-21-9-7-19(8-10-21)11-13-34(27(35)32-24-15-22(29)14-23(30)16-24)18-25-5-3-12-33(25)17-20-4-1-2-6-26(20)31/h1-10,12,14-16H,11,13,17-18H2,(H,32,35). The van der Waals surface area contributed by atoms with Crippen molar-refractivity contribution in [1.29, 1.82) is 0 Å². The number of benzene rings is 3. The lowest BCUT2D eigenvalue weighted by Gasteiger charge is -2.27. The summed E-state index contributed by atoms with van der Waals surface area (Å²) in [5.41, 5.74) is 4.11. The van der Waals surface area contributed by atoms with Gasteiger partial charge in [-0.25, -0.2) is 0 Å². The van der Waals surface area contributed by atoms with Crippen LogP contribution in [-0.2, 0) is 19.5 Å². The summed E-state index contributed by atoms with van der Waals surface area (Å²) in [6.07, 6.45) is 2.86. The molecule has 0 radical (unpaired) electrons. The Morgan fingerprint density at radius 3 is 2.26 bits per heavy atom. The zero-order chi connectivity index (χ0) is 24.8. The predicted octanol–water partition coefficient (Wildman–Crippen LogP) is 8.59. The first-order valence-corrected chi connectivity index (χ1v) is 12.9. The van der Waals surface area contributed by atoms with Crippen LogP contribution in [0.1, 0.15) is 16.8 Å². The Morgan fingerprint density at radius 2 is 1.54 bits per heavy atom. The summed E-state index contributed by atoms with van der Waals surface area (Å²) in [5.74, 6) is 0. The minimum absolute atomic E-state index is 0.545. The molecule has 0 unspecified atom stereocenters. The molecule has 0 fully saturated rings. The monoisotopic (exact) mass is 561 g/mol. The van der Waals surface area contributed by atoms with E-state index in [-0.39, 0.29) is 0 Å². The summed E-state index contributed by atoms with van der Waals surface area (Å²) in [4.78, 5) is 2.14. The van der Waals surface area contributed by atoms with Crippen LogP contribution in [0.5, 0.6) is 0 Å². The minimum atomic E-state index is 0.545. The van der Waals surface area contributed by atoms with Gasteiger partial charge in [-0.15, -0.1) is 0 Å². The maximum Gasteiger partial charge on any atom is 0.173 e. The fourth-order valence-electron chi connectivity index (χ4n) is 3.75. The topological polar surface area (TPSA) is 20.2 Å². The minimum Gasteiger partial charge on any atom is -0.345 e. The van der Waals surface area contributed by atoms with E-state index in [1.807, 2.05) is 54.6 Å². The van der Waals surface area contributed by atoms with Crippen LogP contribution < -0.4 is 5.32 Å². The van der Waals surface area contributed by atoms with Gasteiger partial charge in [0.2, 0.25) is 0 Å². The predicted molar refractivity (Wildman–Crippen MR) is 153 cm³/mol. The highest BCUT2D eigenvalue weighted by Crippen LogP contribution is 2.24. The Bertz CT molecular complexity index is 1280. The second-order valence-electron chi connectivity index (χ2n) is 8.11. The molecule has 1 aromatic heterocycles. The molecule has 35 heavy (non-hydrogen) atoms. The van der Waals surface area contributed by atoms with Gasteiger partial charge in [-0.3, -0.25) is 0 Å². The van der Waals surface area contributed by atoms with Crippen molar-refractivity contribution in [2.24, 2.45) is 0 Å². The number of aromatic nitrogens is 1. The van der Waals surface area contributed by atoms with Gasteiger partial charge in [0.25, 0.3) is 0 Å². The smallest absolute Gasteiger partial charge is 0.173 e. The molecular formula is C27H23Cl4N3S. The normalized spacial score (nSPS) is 10.9. The molecule has 1 N–H and O–H groups in total. The van der Waals surface area contributed by atoms with E-state index >= 15 is 0 Å². The fourth-order valence-corrected chi connectivity index (χ4v) is 4.87. The Kier molecular flexibility index (Phi) is 8.99. The van der Waals surface area contributed by atoms with Gasteiger partial charge in [-0.1, -0.05) is 76.7 Å². The van der Waals surface area contributed by atoms with Gasteiger partial charge < -0.3 is 14.8 Å². The summed E-state index contributed by atoms with van der Waals surface area (Å²) in [6.45, 7) is 2.00. The van der Waals surface area contributed by atoms with Crippen LogP contribution in [-0.4, -0.2) is 21.1 Å². The maximum absolute atomic E-state index is 6.41. The van der Waals surface area contributed by atoms with Crippen LogP contribution in [0, 0.1) is 0 Å². The van der Waals surface area contributed by atoms with Crippen LogP contribution >= 0.6 is 58.6 Å². The molecule has 4 rings (SSSR count). The summed E-state index contributed by atoms with van der Waals surface area (Å²) in [5, 5.41) is 6.45. The van der Waals surface area contributed by atoms with Gasteiger partial charge in [0.15, 0.2) is 5.11 Å². The Labute approximate surface area is 231 Å². The van der Waals surface area contributed by atoms with Gasteiger partial charge in [0.1, 0.15) is 0 Å². The van der Waals surface area contributed by atoms with Crippen molar-refractivity contribution in [3.05, 3.63) is 122 Å². The van der Waals surface area contributed by atoms with Crippen molar-refractivity contribution in [1.82, 2.24) is 9.47 Å². The fraction of sp³-hybridized carbons (Fsp3) is 0.148. The van der Waals surface area contributed by atoms with Gasteiger partial charge in [0.05, 0.1) is 6.54 Å². The molecule has 0 aliphatic heterocycles. The largest absolute Gasteiger partial charge is 0.345 e. The maximum atomic E-state index is 6.41. The molecule has 0 saturated heterocycles. The van der Waals surface area contributed by atoms with E-state index in [1.54, 1.807) is 18.2 Å². The van der Waals surface area contributed by atoms with Crippen molar-refractivity contribution in [3.8, 4) is 0 Å². The zero-order valence-corrected chi connectivity index (χ0v) is 22.6. The van der Waals surface area contributed by atoms with Crippen LogP contribution in [0.25, 0.3) is 0 Å². The molecule has 3 aromatic carbocycles. The quantitative estimate of drug-likeness (QED) is 0.217. The zero-order valence-electron chi connectivity index (χ0n) is 18.7. The Hall–Kier alpha value is -2.21. The first-order chi connectivity index (χ1) is 16.9. The molecule has 0 aliphatic rings. The third-order valence-corrected chi connectivity index (χ3v) is 6.98. The van der Waals surface area contributed by atoms with Crippen molar-refractivity contribution in [2.45, 2.75) is 19.5 Å². The van der Waals surface area contributed by atoms with E-state index in [0.717, 1.165) is 33.4 Å². The molecule has 0 bridgehead atoms. The lowest BCUT2D eigenvalue weighted by Crippen LogP contribution is -2.36. The van der Waals surface area contributed by atoms with E-state index in [9.17, 15) is 0 Å². The first kappa shape index (κ1) is 25.9. The molecule has 180 valence electrons. The Balaban J connectivity index is 1.54. The van der Waals surface area contributed by atoms with E-state index in [0.29, 0.717) is 34.8 Å². The highest BCUT2D eigenvalue weighted by molar-refractivity contribution is 7.80. The van der Waals surface area contributed by atoms with Crippen LogP contribution in [0.15, 0.2) is 85.1 Å². The summed E-state index contributed by atoms with van der Waals surface area (Å²) in [7, 11) is 0. The van der Waals surface area contributed by atoms with Crippen LogP contribution in [0.4, 0.5) is 5.69 Å². The molecule has 0 saturated carbocycles. The molecule has 3 nitrogen and oxygen atoms in total. The van der Waals surface area contributed by atoms with E-state index in [1.165, 1.54) is 5.56 Å². The number of nitrogens with zero attached hydrogens (tertiary/aromatic N) is 2. The summed E-state index contributed by atoms with van der Waals surface area (Å²) >= 11 is 30.7. The number of anilines is 1. The van der Waals surface area contributed by atoms with Gasteiger partial charge in [0, 0.05) is 50.8 Å². The SMILES string of the molecule is S=C(Nc1cc(Cl)cc(Cl)c1)N(CCc1ccc(Cl)cc1)Cc1cccn1Cc1ccccc1Cl. The van der Waals surface area contributed by atoms with E-state index in [2.05, 4.69) is 27.0 Å². The number of rotatable bonds is 8. The first-order valence-electron chi connectivity index (χ1n) is 11.0. The molecule has 4 aromatic rings. The number of thiocarbonyl (C=S) groups is 1. The molecular weight excluding hydrogens is 540 g/mol. The highest BCUT2D eigenvalue weighted by atomic mass is 35.5. The van der Waals surface area contributed by atoms with Crippen molar-refractivity contribution >= 4 is 69.4 Å². The van der Waals surface area contributed by atoms with Crippen LogP contribution in [0.3, 0.4) is 0 Å². The van der Waals surface area contributed by atoms with E-state index in [4.69, 9.17) is 58.6 Å². The van der Waals surface area contributed by atoms with Crippen molar-refractivity contribution in [3.63, 3.8) is 0 Å². The molecule has 0 atom stereocenters. The summed E-state index contributed by atoms with van der Waals surface area (Å²) < 4.78 is 2.19. The number of nitrogens with one attached hydrogen (secondary N) is 1. The number of hydrogen-bond acceptors (Lipinski definition) is 1. The van der Waals surface area contributed by atoms with Crippen molar-refractivity contribution < 1.29 is 0 Å². The lowest BCUT2D eigenvalue weighted by atomic mass is 10.1. The number of hydrogen-bond donors (Lipinski definition) is 1. The van der Waals surface area contributed by atoms with E-state index < -0.39 is 0 Å². The second-order valence-corrected chi connectivity index (χ2v) is 10.2. The molecule has 0 aliphatic carbocycles. The second kappa shape index (κ2) is 12.2.